The van der Waals surface area contributed by atoms with Crippen molar-refractivity contribution in [3.8, 4) is 0 Å². The molecule has 0 heterocycles. The summed E-state index contributed by atoms with van der Waals surface area (Å²) in [5, 5.41) is 8.99. The third-order valence-electron chi connectivity index (χ3n) is 3.82. The quantitative estimate of drug-likeness (QED) is 0.790. The van der Waals surface area contributed by atoms with Crippen LogP contribution < -0.4 is 0 Å². The number of alkyl halides is 2. The molecule has 0 aromatic heterocycles. The molecule has 0 amide bonds. The van der Waals surface area contributed by atoms with Crippen LogP contribution in [0.1, 0.15) is 44.9 Å². The maximum absolute atomic E-state index is 12.9. The van der Waals surface area contributed by atoms with Crippen LogP contribution in [-0.4, -0.2) is 17.0 Å². The lowest BCUT2D eigenvalue weighted by Gasteiger charge is -2.29. The molecule has 0 unspecified atom stereocenters. The molecule has 86 valence electrons. The number of aliphatic carboxylic acids is 1. The Kier molecular flexibility index (Phi) is 2.47. The molecule has 0 aromatic rings. The Morgan fingerprint density at radius 3 is 2.13 bits per heavy atom. The zero-order chi connectivity index (χ0) is 11.1. The number of carbonyl (C=O) groups is 1. The van der Waals surface area contributed by atoms with Gasteiger partial charge >= 0.3 is 5.97 Å². The van der Waals surface area contributed by atoms with Gasteiger partial charge in [0.15, 0.2) is 0 Å². The van der Waals surface area contributed by atoms with E-state index >= 15 is 0 Å². The lowest BCUT2D eigenvalue weighted by molar-refractivity contribution is -0.144. The van der Waals surface area contributed by atoms with Gasteiger partial charge in [0.1, 0.15) is 0 Å². The molecule has 0 atom stereocenters. The van der Waals surface area contributed by atoms with Crippen LogP contribution in [0.25, 0.3) is 0 Å². The van der Waals surface area contributed by atoms with Gasteiger partial charge in [-0.3, -0.25) is 4.79 Å². The molecule has 0 aliphatic heterocycles. The lowest BCUT2D eigenvalue weighted by Crippen LogP contribution is -2.27. The number of hydrogen-bond acceptors (Lipinski definition) is 1. The second-order valence-corrected chi connectivity index (χ2v) is 5.09. The highest BCUT2D eigenvalue weighted by Gasteiger charge is 2.51. The second kappa shape index (κ2) is 3.42. The van der Waals surface area contributed by atoms with Crippen LogP contribution in [0, 0.1) is 11.3 Å². The van der Waals surface area contributed by atoms with Crippen LogP contribution in [0.4, 0.5) is 8.78 Å². The van der Waals surface area contributed by atoms with Gasteiger partial charge in [-0.1, -0.05) is 0 Å². The van der Waals surface area contributed by atoms with E-state index in [9.17, 15) is 13.6 Å². The molecule has 2 aliphatic rings. The minimum atomic E-state index is -2.50. The summed E-state index contributed by atoms with van der Waals surface area (Å²) < 4.78 is 25.7. The van der Waals surface area contributed by atoms with E-state index in [0.717, 1.165) is 12.8 Å². The normalized spacial score (nSPS) is 28.7. The van der Waals surface area contributed by atoms with Crippen molar-refractivity contribution in [3.05, 3.63) is 0 Å². The fraction of sp³-hybridized carbons (Fsp3) is 0.909. The molecule has 2 rings (SSSR count). The van der Waals surface area contributed by atoms with Crippen LogP contribution in [0.2, 0.25) is 0 Å². The van der Waals surface area contributed by atoms with Gasteiger partial charge in [0.25, 0.3) is 0 Å². The smallest absolute Gasteiger partial charge is 0.309 e. The molecular formula is C11H16F2O2. The summed E-state index contributed by atoms with van der Waals surface area (Å²) >= 11 is 0. The van der Waals surface area contributed by atoms with Crippen molar-refractivity contribution in [2.24, 2.45) is 11.3 Å². The maximum atomic E-state index is 12.9. The van der Waals surface area contributed by atoms with E-state index in [1.54, 1.807) is 0 Å². The maximum Gasteiger partial charge on any atom is 0.309 e. The van der Waals surface area contributed by atoms with E-state index in [0.29, 0.717) is 19.3 Å². The summed E-state index contributed by atoms with van der Waals surface area (Å²) in [7, 11) is 0. The van der Waals surface area contributed by atoms with E-state index in [2.05, 4.69) is 0 Å². The highest BCUT2D eigenvalue weighted by molar-refractivity contribution is 5.77. The standard InChI is InChI=1S/C11H16F2O2/c12-11(13)3-1-8(2-4-11)7-10(5-6-10)9(14)15/h8H,1-7H2,(H,14,15). The SMILES string of the molecule is O=C(O)C1(CC2CCC(F)(F)CC2)CC1. The zero-order valence-electron chi connectivity index (χ0n) is 8.64. The molecule has 15 heavy (non-hydrogen) atoms. The van der Waals surface area contributed by atoms with E-state index in [1.165, 1.54) is 0 Å². The number of carboxylic acid groups (broad SMARTS) is 1. The van der Waals surface area contributed by atoms with Crippen molar-refractivity contribution in [2.75, 3.05) is 0 Å². The van der Waals surface area contributed by atoms with Gasteiger partial charge in [-0.15, -0.1) is 0 Å². The fourth-order valence-corrected chi connectivity index (χ4v) is 2.51. The highest BCUT2D eigenvalue weighted by Crippen LogP contribution is 2.53. The van der Waals surface area contributed by atoms with Gasteiger partial charge in [-0.2, -0.15) is 0 Å². The first-order valence-electron chi connectivity index (χ1n) is 5.55. The summed E-state index contributed by atoms with van der Waals surface area (Å²) in [5.41, 5.74) is -0.544. The van der Waals surface area contributed by atoms with Crippen molar-refractivity contribution in [3.63, 3.8) is 0 Å². The number of hydrogen-bond donors (Lipinski definition) is 1. The largest absolute Gasteiger partial charge is 0.481 e. The van der Waals surface area contributed by atoms with Gasteiger partial charge in [0.05, 0.1) is 5.41 Å². The van der Waals surface area contributed by atoms with Crippen LogP contribution in [-0.2, 0) is 4.79 Å². The molecule has 1 N–H and O–H groups in total. The molecular weight excluding hydrogens is 202 g/mol. The van der Waals surface area contributed by atoms with E-state index in [1.807, 2.05) is 0 Å². The Morgan fingerprint density at radius 1 is 1.20 bits per heavy atom. The molecule has 2 aliphatic carbocycles. The fourth-order valence-electron chi connectivity index (χ4n) is 2.51. The Labute approximate surface area is 87.7 Å². The molecule has 2 saturated carbocycles. The predicted molar refractivity (Wildman–Crippen MR) is 50.8 cm³/mol. The summed E-state index contributed by atoms with van der Waals surface area (Å²) in [4.78, 5) is 10.9. The lowest BCUT2D eigenvalue weighted by atomic mass is 9.80. The zero-order valence-corrected chi connectivity index (χ0v) is 8.64. The average Bonchev–Trinajstić information content (AvgIpc) is 2.90. The van der Waals surface area contributed by atoms with Crippen LogP contribution in [0.3, 0.4) is 0 Å². The van der Waals surface area contributed by atoms with Crippen molar-refractivity contribution in [1.29, 1.82) is 0 Å². The van der Waals surface area contributed by atoms with Crippen molar-refractivity contribution < 1.29 is 18.7 Å². The first-order valence-corrected chi connectivity index (χ1v) is 5.55. The summed E-state index contributed by atoms with van der Waals surface area (Å²) in [6.07, 6.45) is 2.92. The van der Waals surface area contributed by atoms with Crippen molar-refractivity contribution in [2.45, 2.75) is 50.9 Å². The van der Waals surface area contributed by atoms with Crippen molar-refractivity contribution >= 4 is 5.97 Å². The Bertz CT molecular complexity index is 262. The minimum Gasteiger partial charge on any atom is -0.481 e. The minimum absolute atomic E-state index is 0.0621. The highest BCUT2D eigenvalue weighted by atomic mass is 19.3. The van der Waals surface area contributed by atoms with Gasteiger partial charge < -0.3 is 5.11 Å². The topological polar surface area (TPSA) is 37.3 Å². The van der Waals surface area contributed by atoms with Gasteiger partial charge in [-0.25, -0.2) is 8.78 Å². The molecule has 4 heteroatoms. The molecule has 0 saturated heterocycles. The molecule has 0 aromatic carbocycles. The predicted octanol–water partition coefficient (Wildman–Crippen LogP) is 3.07. The first kappa shape index (κ1) is 10.8. The third-order valence-corrected chi connectivity index (χ3v) is 3.82. The van der Waals surface area contributed by atoms with E-state index in [-0.39, 0.29) is 18.8 Å². The molecule has 0 bridgehead atoms. The number of halogens is 2. The van der Waals surface area contributed by atoms with Crippen molar-refractivity contribution in [1.82, 2.24) is 0 Å². The number of carboxylic acids is 1. The number of rotatable bonds is 3. The van der Waals surface area contributed by atoms with Gasteiger partial charge in [0.2, 0.25) is 5.92 Å². The van der Waals surface area contributed by atoms with Crippen LogP contribution in [0.5, 0.6) is 0 Å². The molecule has 2 fully saturated rings. The summed E-state index contributed by atoms with van der Waals surface area (Å²) in [6, 6.07) is 0. The van der Waals surface area contributed by atoms with Crippen LogP contribution >= 0.6 is 0 Å². The third kappa shape index (κ3) is 2.29. The monoisotopic (exact) mass is 218 g/mol. The Hall–Kier alpha value is -0.670. The average molecular weight is 218 g/mol. The van der Waals surface area contributed by atoms with Gasteiger partial charge in [-0.05, 0) is 38.0 Å². The van der Waals surface area contributed by atoms with Gasteiger partial charge in [0, 0.05) is 12.8 Å². The molecule has 2 nitrogen and oxygen atoms in total. The second-order valence-electron chi connectivity index (χ2n) is 5.09. The Balaban J connectivity index is 1.85. The first-order chi connectivity index (χ1) is 6.94. The van der Waals surface area contributed by atoms with E-state index in [4.69, 9.17) is 5.11 Å². The summed E-state index contributed by atoms with van der Waals surface area (Å²) in [6.45, 7) is 0. The Morgan fingerprint density at radius 2 is 1.73 bits per heavy atom. The van der Waals surface area contributed by atoms with Crippen LogP contribution in [0.15, 0.2) is 0 Å². The summed E-state index contributed by atoms with van der Waals surface area (Å²) in [5.74, 6) is -3.04. The molecule has 0 spiro atoms. The van der Waals surface area contributed by atoms with E-state index < -0.39 is 17.3 Å². The molecule has 0 radical (unpaired) electrons.